The van der Waals surface area contributed by atoms with Crippen LogP contribution in [0.5, 0.6) is 5.75 Å². The van der Waals surface area contributed by atoms with Gasteiger partial charge < -0.3 is 10.1 Å². The second kappa shape index (κ2) is 6.85. The molecule has 2 aromatic rings. The van der Waals surface area contributed by atoms with Gasteiger partial charge in [0.1, 0.15) is 18.1 Å². The van der Waals surface area contributed by atoms with E-state index in [2.05, 4.69) is 45.4 Å². The van der Waals surface area contributed by atoms with Gasteiger partial charge in [0, 0.05) is 24.1 Å². The normalized spacial score (nSPS) is 11.1. The number of hydrogen-bond donors (Lipinski definition) is 1. The molecule has 0 unspecified atom stereocenters. The number of benzene rings is 1. The minimum atomic E-state index is 0.423. The summed E-state index contributed by atoms with van der Waals surface area (Å²) in [4.78, 5) is 0. The Labute approximate surface area is 127 Å². The lowest BCUT2D eigenvalue weighted by molar-refractivity contribution is 0.300. The van der Waals surface area contributed by atoms with E-state index in [1.807, 2.05) is 31.4 Å². The first-order valence-electron chi connectivity index (χ1n) is 6.54. The van der Waals surface area contributed by atoms with Crippen molar-refractivity contribution < 1.29 is 4.74 Å². The number of halogens is 1. The Balaban J connectivity index is 1.99. The minimum Gasteiger partial charge on any atom is -0.487 e. The second-order valence-electron chi connectivity index (χ2n) is 4.96. The summed E-state index contributed by atoms with van der Waals surface area (Å²) in [5, 5.41) is 11.3. The molecule has 1 N–H and O–H groups in total. The third-order valence-electron chi connectivity index (χ3n) is 2.75. The van der Waals surface area contributed by atoms with Crippen LogP contribution in [-0.2, 0) is 20.2 Å². The van der Waals surface area contributed by atoms with Crippen LogP contribution in [0.4, 0.5) is 0 Å². The van der Waals surface area contributed by atoms with E-state index in [4.69, 9.17) is 4.74 Å². The molecule has 5 nitrogen and oxygen atoms in total. The quantitative estimate of drug-likeness (QED) is 0.879. The standard InChI is InChI=1S/C14H19BrN4O/c1-10(2)16-7-11-6-13(4-5-14(11)15)20-9-12-8-19(3)18-17-12/h4-6,8,10,16H,7,9H2,1-3H3. The lowest BCUT2D eigenvalue weighted by Gasteiger charge is -2.11. The Bertz CT molecular complexity index is 568. The fourth-order valence-electron chi connectivity index (χ4n) is 1.71. The van der Waals surface area contributed by atoms with Gasteiger partial charge in [0.25, 0.3) is 0 Å². The molecule has 1 aromatic heterocycles. The predicted octanol–water partition coefficient (Wildman–Crippen LogP) is 2.65. The van der Waals surface area contributed by atoms with E-state index in [1.54, 1.807) is 4.68 Å². The van der Waals surface area contributed by atoms with Gasteiger partial charge in [-0.05, 0) is 23.8 Å². The monoisotopic (exact) mass is 338 g/mol. The average Bonchev–Trinajstić information content (AvgIpc) is 2.82. The van der Waals surface area contributed by atoms with E-state index in [0.717, 1.165) is 22.5 Å². The highest BCUT2D eigenvalue weighted by molar-refractivity contribution is 9.10. The summed E-state index contributed by atoms with van der Waals surface area (Å²) >= 11 is 3.56. The zero-order chi connectivity index (χ0) is 14.5. The summed E-state index contributed by atoms with van der Waals surface area (Å²) in [6, 6.07) is 6.43. The van der Waals surface area contributed by atoms with Crippen molar-refractivity contribution in [3.63, 3.8) is 0 Å². The topological polar surface area (TPSA) is 52.0 Å². The number of rotatable bonds is 6. The maximum atomic E-state index is 5.74. The molecular formula is C14H19BrN4O. The van der Waals surface area contributed by atoms with Gasteiger partial charge in [-0.25, -0.2) is 0 Å². The van der Waals surface area contributed by atoms with Gasteiger partial charge in [0.2, 0.25) is 0 Å². The Morgan fingerprint density at radius 3 is 2.85 bits per heavy atom. The fourth-order valence-corrected chi connectivity index (χ4v) is 2.10. The highest BCUT2D eigenvalue weighted by Crippen LogP contribution is 2.23. The number of nitrogens with one attached hydrogen (secondary N) is 1. The van der Waals surface area contributed by atoms with Crippen LogP contribution in [0, 0.1) is 0 Å². The Kier molecular flexibility index (Phi) is 5.14. The zero-order valence-corrected chi connectivity index (χ0v) is 13.5. The van der Waals surface area contributed by atoms with Gasteiger partial charge in [0.15, 0.2) is 0 Å². The van der Waals surface area contributed by atoms with E-state index in [0.29, 0.717) is 12.6 Å². The largest absolute Gasteiger partial charge is 0.487 e. The molecular weight excluding hydrogens is 320 g/mol. The molecule has 1 heterocycles. The van der Waals surface area contributed by atoms with E-state index in [1.165, 1.54) is 5.56 Å². The van der Waals surface area contributed by atoms with Crippen LogP contribution in [0.15, 0.2) is 28.9 Å². The van der Waals surface area contributed by atoms with Gasteiger partial charge in [-0.2, -0.15) is 0 Å². The average molecular weight is 339 g/mol. The number of ether oxygens (including phenoxy) is 1. The van der Waals surface area contributed by atoms with Crippen molar-refractivity contribution in [3.8, 4) is 5.75 Å². The molecule has 0 saturated heterocycles. The van der Waals surface area contributed by atoms with Crippen molar-refractivity contribution in [1.29, 1.82) is 0 Å². The van der Waals surface area contributed by atoms with Crippen molar-refractivity contribution in [2.24, 2.45) is 7.05 Å². The van der Waals surface area contributed by atoms with Crippen molar-refractivity contribution in [2.45, 2.75) is 33.0 Å². The molecule has 20 heavy (non-hydrogen) atoms. The molecule has 6 heteroatoms. The van der Waals surface area contributed by atoms with Crippen LogP contribution in [0.2, 0.25) is 0 Å². The van der Waals surface area contributed by atoms with Gasteiger partial charge in [-0.3, -0.25) is 4.68 Å². The van der Waals surface area contributed by atoms with Gasteiger partial charge >= 0.3 is 0 Å². The third-order valence-corrected chi connectivity index (χ3v) is 3.53. The molecule has 108 valence electrons. The molecule has 0 radical (unpaired) electrons. The van der Waals surface area contributed by atoms with Crippen LogP contribution < -0.4 is 10.1 Å². The molecule has 1 aromatic carbocycles. The Hall–Kier alpha value is -1.40. The SMILES string of the molecule is CC(C)NCc1cc(OCc2cn(C)nn2)ccc1Br. The van der Waals surface area contributed by atoms with Crippen LogP contribution in [0.1, 0.15) is 25.1 Å². The molecule has 0 atom stereocenters. The maximum absolute atomic E-state index is 5.74. The van der Waals surface area contributed by atoms with Crippen molar-refractivity contribution in [1.82, 2.24) is 20.3 Å². The summed E-state index contributed by atoms with van der Waals surface area (Å²) in [5.41, 5.74) is 1.99. The smallest absolute Gasteiger partial charge is 0.134 e. The van der Waals surface area contributed by atoms with Crippen LogP contribution in [0.25, 0.3) is 0 Å². The first kappa shape index (κ1) is 15.0. The first-order valence-corrected chi connectivity index (χ1v) is 7.33. The van der Waals surface area contributed by atoms with E-state index >= 15 is 0 Å². The van der Waals surface area contributed by atoms with Crippen LogP contribution in [-0.4, -0.2) is 21.0 Å². The zero-order valence-electron chi connectivity index (χ0n) is 11.9. The van der Waals surface area contributed by atoms with E-state index in [9.17, 15) is 0 Å². The predicted molar refractivity (Wildman–Crippen MR) is 81.5 cm³/mol. The fraction of sp³-hybridized carbons (Fsp3) is 0.429. The van der Waals surface area contributed by atoms with Crippen molar-refractivity contribution >= 4 is 15.9 Å². The number of aryl methyl sites for hydroxylation is 1. The second-order valence-corrected chi connectivity index (χ2v) is 5.82. The summed E-state index contributed by atoms with van der Waals surface area (Å²) in [7, 11) is 1.84. The maximum Gasteiger partial charge on any atom is 0.134 e. The van der Waals surface area contributed by atoms with Crippen molar-refractivity contribution in [3.05, 3.63) is 40.1 Å². The highest BCUT2D eigenvalue weighted by atomic mass is 79.9. The number of aromatic nitrogens is 3. The summed E-state index contributed by atoms with van der Waals surface area (Å²) in [6.07, 6.45) is 1.85. The minimum absolute atomic E-state index is 0.423. The molecule has 0 spiro atoms. The Morgan fingerprint density at radius 2 is 2.20 bits per heavy atom. The highest BCUT2D eigenvalue weighted by Gasteiger charge is 2.05. The molecule has 0 amide bonds. The third kappa shape index (κ3) is 4.31. The number of nitrogens with zero attached hydrogens (tertiary/aromatic N) is 3. The Morgan fingerprint density at radius 1 is 1.40 bits per heavy atom. The summed E-state index contributed by atoms with van der Waals surface area (Å²) in [6.45, 7) is 5.48. The molecule has 2 rings (SSSR count). The number of hydrogen-bond acceptors (Lipinski definition) is 4. The molecule has 0 aliphatic carbocycles. The lowest BCUT2D eigenvalue weighted by atomic mass is 10.2. The van der Waals surface area contributed by atoms with Crippen LogP contribution >= 0.6 is 15.9 Å². The molecule has 0 fully saturated rings. The van der Waals surface area contributed by atoms with E-state index < -0.39 is 0 Å². The molecule has 0 aliphatic rings. The summed E-state index contributed by atoms with van der Waals surface area (Å²) in [5.74, 6) is 0.833. The van der Waals surface area contributed by atoms with E-state index in [-0.39, 0.29) is 0 Å². The lowest BCUT2D eigenvalue weighted by Crippen LogP contribution is -2.22. The van der Waals surface area contributed by atoms with Crippen LogP contribution in [0.3, 0.4) is 0 Å². The van der Waals surface area contributed by atoms with Gasteiger partial charge in [-0.1, -0.05) is 35.0 Å². The van der Waals surface area contributed by atoms with Gasteiger partial charge in [-0.15, -0.1) is 5.10 Å². The summed E-state index contributed by atoms with van der Waals surface area (Å²) < 4.78 is 8.49. The molecule has 0 bridgehead atoms. The van der Waals surface area contributed by atoms with Gasteiger partial charge in [0.05, 0.1) is 6.20 Å². The first-order chi connectivity index (χ1) is 9.54. The van der Waals surface area contributed by atoms with Crippen molar-refractivity contribution in [2.75, 3.05) is 0 Å². The molecule has 0 saturated carbocycles. The molecule has 0 aliphatic heterocycles.